The van der Waals surface area contributed by atoms with Crippen molar-refractivity contribution in [3.8, 4) is 0 Å². The fourth-order valence-electron chi connectivity index (χ4n) is 2.44. The molecular weight excluding hydrogens is 332 g/mol. The van der Waals surface area contributed by atoms with Crippen LogP contribution in [0.2, 0.25) is 0 Å². The van der Waals surface area contributed by atoms with Crippen molar-refractivity contribution < 1.29 is 9.72 Å². The van der Waals surface area contributed by atoms with Crippen LogP contribution in [0, 0.1) is 22.0 Å². The van der Waals surface area contributed by atoms with Gasteiger partial charge >= 0.3 is 5.00 Å². The molecule has 2 atom stereocenters. The van der Waals surface area contributed by atoms with Crippen molar-refractivity contribution in [3.05, 3.63) is 27.1 Å². The van der Waals surface area contributed by atoms with Gasteiger partial charge in [0.25, 0.3) is 5.91 Å². The zero-order valence-electron chi connectivity index (χ0n) is 10.3. The number of rotatable bonds is 5. The van der Waals surface area contributed by atoms with Crippen molar-refractivity contribution in [2.75, 3.05) is 11.9 Å². The number of amides is 1. The molecule has 0 saturated heterocycles. The predicted octanol–water partition coefficient (Wildman–Crippen LogP) is 3.20. The molecule has 1 N–H and O–H groups in total. The van der Waals surface area contributed by atoms with Crippen molar-refractivity contribution in [2.24, 2.45) is 11.8 Å². The van der Waals surface area contributed by atoms with E-state index < -0.39 is 4.92 Å². The molecule has 1 fully saturated rings. The SMILES string of the molecule is O=C(NCC1CCCC1CBr)c1ccc([N+](=O)[O-])s1. The minimum absolute atomic E-state index is 0.00403. The zero-order valence-corrected chi connectivity index (χ0v) is 12.7. The topological polar surface area (TPSA) is 72.2 Å². The van der Waals surface area contributed by atoms with Crippen LogP contribution in [-0.2, 0) is 0 Å². The molecule has 1 heterocycles. The Labute approximate surface area is 123 Å². The molecule has 104 valence electrons. The van der Waals surface area contributed by atoms with E-state index in [9.17, 15) is 14.9 Å². The second-order valence-electron chi connectivity index (χ2n) is 4.71. The Morgan fingerprint density at radius 1 is 1.47 bits per heavy atom. The Bertz CT molecular complexity index is 477. The highest BCUT2D eigenvalue weighted by Gasteiger charge is 2.26. The number of carbonyl (C=O) groups is 1. The number of nitro groups is 1. The molecule has 1 aliphatic rings. The van der Waals surface area contributed by atoms with Gasteiger partial charge in [0.2, 0.25) is 0 Å². The molecule has 1 aliphatic carbocycles. The predicted molar refractivity (Wildman–Crippen MR) is 77.9 cm³/mol. The molecule has 7 heteroatoms. The summed E-state index contributed by atoms with van der Waals surface area (Å²) in [5, 5.41) is 14.4. The molecule has 2 rings (SSSR count). The Morgan fingerprint density at radius 3 is 2.84 bits per heavy atom. The van der Waals surface area contributed by atoms with Crippen LogP contribution in [0.5, 0.6) is 0 Å². The number of hydrogen-bond acceptors (Lipinski definition) is 4. The van der Waals surface area contributed by atoms with Gasteiger partial charge in [-0.25, -0.2) is 0 Å². The lowest BCUT2D eigenvalue weighted by molar-refractivity contribution is -0.380. The lowest BCUT2D eigenvalue weighted by Gasteiger charge is -2.17. The molecule has 0 radical (unpaired) electrons. The molecule has 0 bridgehead atoms. The molecule has 0 aliphatic heterocycles. The summed E-state index contributed by atoms with van der Waals surface area (Å²) in [5.74, 6) is 0.926. The van der Waals surface area contributed by atoms with Gasteiger partial charge in [-0.1, -0.05) is 33.7 Å². The highest BCUT2D eigenvalue weighted by molar-refractivity contribution is 9.09. The maximum absolute atomic E-state index is 11.9. The summed E-state index contributed by atoms with van der Waals surface area (Å²) in [4.78, 5) is 22.4. The number of alkyl halides is 1. The van der Waals surface area contributed by atoms with Crippen molar-refractivity contribution >= 4 is 38.2 Å². The summed E-state index contributed by atoms with van der Waals surface area (Å²) in [7, 11) is 0. The van der Waals surface area contributed by atoms with E-state index in [0.717, 1.165) is 23.1 Å². The first-order chi connectivity index (χ1) is 9.11. The van der Waals surface area contributed by atoms with E-state index in [-0.39, 0.29) is 10.9 Å². The van der Waals surface area contributed by atoms with Gasteiger partial charge in [0.15, 0.2) is 0 Å². The third-order valence-corrected chi connectivity index (χ3v) is 5.40. The number of nitrogens with one attached hydrogen (secondary N) is 1. The zero-order chi connectivity index (χ0) is 13.8. The molecule has 1 aromatic heterocycles. The fraction of sp³-hybridized carbons (Fsp3) is 0.583. The summed E-state index contributed by atoms with van der Waals surface area (Å²) in [6.07, 6.45) is 3.55. The van der Waals surface area contributed by atoms with Crippen LogP contribution in [0.15, 0.2) is 12.1 Å². The molecule has 0 aromatic carbocycles. The van der Waals surface area contributed by atoms with E-state index in [1.165, 1.54) is 25.0 Å². The minimum Gasteiger partial charge on any atom is -0.351 e. The number of thiophene rings is 1. The highest BCUT2D eigenvalue weighted by atomic mass is 79.9. The summed E-state index contributed by atoms with van der Waals surface area (Å²) in [6.45, 7) is 0.654. The molecule has 19 heavy (non-hydrogen) atoms. The van der Waals surface area contributed by atoms with E-state index in [1.807, 2.05) is 0 Å². The smallest absolute Gasteiger partial charge is 0.324 e. The van der Waals surface area contributed by atoms with E-state index in [0.29, 0.717) is 23.3 Å². The highest BCUT2D eigenvalue weighted by Crippen LogP contribution is 2.32. The summed E-state index contributed by atoms with van der Waals surface area (Å²) >= 11 is 4.42. The second-order valence-corrected chi connectivity index (χ2v) is 6.42. The quantitative estimate of drug-likeness (QED) is 0.505. The van der Waals surface area contributed by atoms with Gasteiger partial charge in [-0.3, -0.25) is 14.9 Å². The maximum Gasteiger partial charge on any atom is 0.324 e. The van der Waals surface area contributed by atoms with Crippen molar-refractivity contribution in [1.29, 1.82) is 0 Å². The van der Waals surface area contributed by atoms with Gasteiger partial charge in [0.1, 0.15) is 0 Å². The van der Waals surface area contributed by atoms with Crippen molar-refractivity contribution in [3.63, 3.8) is 0 Å². The molecule has 1 amide bonds. The Balaban J connectivity index is 1.88. The van der Waals surface area contributed by atoms with Crippen LogP contribution in [0.1, 0.15) is 28.9 Å². The van der Waals surface area contributed by atoms with Gasteiger partial charge in [-0.15, -0.1) is 0 Å². The van der Waals surface area contributed by atoms with E-state index in [2.05, 4.69) is 21.2 Å². The molecule has 1 aromatic rings. The normalized spacial score (nSPS) is 22.4. The number of carbonyl (C=O) groups excluding carboxylic acids is 1. The van der Waals surface area contributed by atoms with Gasteiger partial charge in [-0.2, -0.15) is 0 Å². The minimum atomic E-state index is -0.473. The lowest BCUT2D eigenvalue weighted by Crippen LogP contribution is -2.30. The van der Waals surface area contributed by atoms with Crippen LogP contribution in [-0.4, -0.2) is 22.7 Å². The molecule has 5 nitrogen and oxygen atoms in total. The molecule has 1 saturated carbocycles. The molecular formula is C12H15BrN2O3S. The van der Waals surface area contributed by atoms with Crippen LogP contribution < -0.4 is 5.32 Å². The average Bonchev–Trinajstić information content (AvgIpc) is 3.04. The summed E-state index contributed by atoms with van der Waals surface area (Å²) < 4.78 is 0. The first-order valence-electron chi connectivity index (χ1n) is 6.20. The largest absolute Gasteiger partial charge is 0.351 e. The first kappa shape index (κ1) is 14.5. The fourth-order valence-corrected chi connectivity index (χ4v) is 4.03. The standard InChI is InChI=1S/C12H15BrN2O3S/c13-6-8-2-1-3-9(8)7-14-12(16)10-4-5-11(19-10)15(17)18/h4-5,8-9H,1-3,6-7H2,(H,14,16). The van der Waals surface area contributed by atoms with Crippen molar-refractivity contribution in [1.82, 2.24) is 5.32 Å². The Hall–Kier alpha value is -0.950. The monoisotopic (exact) mass is 346 g/mol. The van der Waals surface area contributed by atoms with Gasteiger partial charge in [-0.05, 0) is 30.7 Å². The van der Waals surface area contributed by atoms with Gasteiger partial charge in [0, 0.05) is 17.9 Å². The van der Waals surface area contributed by atoms with Crippen LogP contribution in [0.4, 0.5) is 5.00 Å². The van der Waals surface area contributed by atoms with Crippen LogP contribution in [0.25, 0.3) is 0 Å². The Kier molecular flexibility index (Phi) is 4.93. The third-order valence-electron chi connectivity index (χ3n) is 3.54. The maximum atomic E-state index is 11.9. The van der Waals surface area contributed by atoms with Gasteiger partial charge < -0.3 is 5.32 Å². The molecule has 2 unspecified atom stereocenters. The average molecular weight is 347 g/mol. The molecule has 0 spiro atoms. The Morgan fingerprint density at radius 2 is 2.21 bits per heavy atom. The van der Waals surface area contributed by atoms with E-state index >= 15 is 0 Å². The van der Waals surface area contributed by atoms with Gasteiger partial charge in [0.05, 0.1) is 9.80 Å². The summed E-state index contributed by atoms with van der Waals surface area (Å²) in [5.41, 5.74) is 0. The van der Waals surface area contributed by atoms with E-state index in [1.54, 1.807) is 0 Å². The van der Waals surface area contributed by atoms with Crippen LogP contribution >= 0.6 is 27.3 Å². The van der Waals surface area contributed by atoms with Crippen molar-refractivity contribution in [2.45, 2.75) is 19.3 Å². The first-order valence-corrected chi connectivity index (χ1v) is 8.14. The second kappa shape index (κ2) is 6.47. The van der Waals surface area contributed by atoms with E-state index in [4.69, 9.17) is 0 Å². The number of nitrogens with zero attached hydrogens (tertiary/aromatic N) is 1. The third kappa shape index (κ3) is 3.54. The number of halogens is 1. The van der Waals surface area contributed by atoms with Crippen LogP contribution in [0.3, 0.4) is 0 Å². The number of hydrogen-bond donors (Lipinski definition) is 1. The lowest BCUT2D eigenvalue weighted by atomic mass is 9.98. The summed E-state index contributed by atoms with van der Waals surface area (Å²) in [6, 6.07) is 2.88.